The molecule has 0 radical (unpaired) electrons. The number of halogens is 3. The highest BCUT2D eigenvalue weighted by Gasteiger charge is 2.14. The van der Waals surface area contributed by atoms with Gasteiger partial charge in [-0.2, -0.15) is 0 Å². The Morgan fingerprint density at radius 3 is 2.48 bits per heavy atom. The minimum Gasteiger partial charge on any atom is -0.478 e. The normalized spacial score (nSPS) is 10.5. The predicted octanol–water partition coefficient (Wildman–Crippen LogP) is 4.06. The molecule has 2 rings (SSSR count). The Morgan fingerprint density at radius 2 is 1.86 bits per heavy atom. The third-order valence-corrected chi connectivity index (χ3v) is 3.51. The van der Waals surface area contributed by atoms with Gasteiger partial charge < -0.3 is 16.2 Å². The van der Waals surface area contributed by atoms with Crippen LogP contribution in [0.2, 0.25) is 0 Å². The van der Waals surface area contributed by atoms with Gasteiger partial charge in [-0.05, 0) is 52.7 Å². The molecule has 0 aliphatic rings. The van der Waals surface area contributed by atoms with Crippen LogP contribution in [0.25, 0.3) is 0 Å². The highest BCUT2D eigenvalue weighted by Crippen LogP contribution is 2.29. The molecule has 0 saturated heterocycles. The van der Waals surface area contributed by atoms with E-state index in [0.717, 1.165) is 12.1 Å². The zero-order valence-electron chi connectivity index (χ0n) is 10.9. The first-order chi connectivity index (χ1) is 9.79. The molecule has 0 aromatic heterocycles. The molecule has 0 fully saturated rings. The first-order valence-corrected chi connectivity index (χ1v) is 6.64. The molecular formula is C14H11BrF2N2O2. The molecule has 0 bridgehead atoms. The van der Waals surface area contributed by atoms with E-state index < -0.39 is 17.6 Å². The van der Waals surface area contributed by atoms with Crippen molar-refractivity contribution < 1.29 is 18.7 Å². The number of carboxylic acids is 1. The van der Waals surface area contributed by atoms with Crippen LogP contribution in [0.1, 0.15) is 15.9 Å². The van der Waals surface area contributed by atoms with Crippen LogP contribution in [-0.2, 0) is 0 Å². The van der Waals surface area contributed by atoms with Gasteiger partial charge in [-0.25, -0.2) is 13.6 Å². The van der Waals surface area contributed by atoms with Gasteiger partial charge in [0.2, 0.25) is 0 Å². The Bertz CT molecular complexity index is 735. The van der Waals surface area contributed by atoms with E-state index in [1.54, 1.807) is 6.92 Å². The highest BCUT2D eigenvalue weighted by molar-refractivity contribution is 9.10. The lowest BCUT2D eigenvalue weighted by atomic mass is 10.1. The average Bonchev–Trinajstić information content (AvgIpc) is 2.38. The summed E-state index contributed by atoms with van der Waals surface area (Å²) in [5.74, 6) is -2.51. The molecule has 0 amide bonds. The summed E-state index contributed by atoms with van der Waals surface area (Å²) in [7, 11) is 0. The van der Waals surface area contributed by atoms with Crippen molar-refractivity contribution in [2.45, 2.75) is 6.92 Å². The van der Waals surface area contributed by atoms with Crippen LogP contribution in [-0.4, -0.2) is 11.1 Å². The van der Waals surface area contributed by atoms with Crippen molar-refractivity contribution in [3.63, 3.8) is 0 Å². The number of benzene rings is 2. The topological polar surface area (TPSA) is 75.3 Å². The second kappa shape index (κ2) is 5.69. The molecule has 0 aliphatic heterocycles. The number of aromatic carboxylic acids is 1. The SMILES string of the molecule is Cc1cc(Br)c(F)cc1Nc1cc(C(=O)O)c(N)cc1F. The molecule has 2 aromatic carbocycles. The van der Waals surface area contributed by atoms with Crippen LogP contribution in [0.3, 0.4) is 0 Å². The summed E-state index contributed by atoms with van der Waals surface area (Å²) in [6.45, 7) is 1.71. The third-order valence-electron chi connectivity index (χ3n) is 2.91. The van der Waals surface area contributed by atoms with Crippen molar-refractivity contribution in [3.8, 4) is 0 Å². The highest BCUT2D eigenvalue weighted by atomic mass is 79.9. The van der Waals surface area contributed by atoms with E-state index in [1.165, 1.54) is 12.1 Å². The van der Waals surface area contributed by atoms with E-state index in [2.05, 4.69) is 21.2 Å². The van der Waals surface area contributed by atoms with Gasteiger partial charge in [0.05, 0.1) is 15.7 Å². The van der Waals surface area contributed by atoms with E-state index >= 15 is 0 Å². The summed E-state index contributed by atoms with van der Waals surface area (Å²) in [6, 6.07) is 4.71. The molecule has 0 atom stereocenters. The lowest BCUT2D eigenvalue weighted by Gasteiger charge is -2.13. The summed E-state index contributed by atoms with van der Waals surface area (Å²) in [5.41, 5.74) is 5.94. The molecule has 7 heteroatoms. The number of nitrogens with two attached hydrogens (primary N) is 1. The first kappa shape index (κ1) is 15.2. The van der Waals surface area contributed by atoms with Gasteiger partial charge in [-0.15, -0.1) is 0 Å². The molecule has 0 unspecified atom stereocenters. The maximum Gasteiger partial charge on any atom is 0.337 e. The fraction of sp³-hybridized carbons (Fsp3) is 0.0714. The molecule has 2 aromatic rings. The zero-order chi connectivity index (χ0) is 15.7. The van der Waals surface area contributed by atoms with Crippen LogP contribution < -0.4 is 11.1 Å². The van der Waals surface area contributed by atoms with Gasteiger partial charge in [0.15, 0.2) is 0 Å². The van der Waals surface area contributed by atoms with Gasteiger partial charge in [-0.1, -0.05) is 0 Å². The molecule has 110 valence electrons. The van der Waals surface area contributed by atoms with E-state index in [9.17, 15) is 13.6 Å². The smallest absolute Gasteiger partial charge is 0.337 e. The molecule has 0 spiro atoms. The second-order valence-corrected chi connectivity index (χ2v) is 5.29. The zero-order valence-corrected chi connectivity index (χ0v) is 12.5. The van der Waals surface area contributed by atoms with Crippen LogP contribution in [0.15, 0.2) is 28.7 Å². The Balaban J connectivity index is 2.47. The summed E-state index contributed by atoms with van der Waals surface area (Å²) in [6.07, 6.45) is 0. The van der Waals surface area contributed by atoms with Crippen molar-refractivity contribution in [1.29, 1.82) is 0 Å². The van der Waals surface area contributed by atoms with Crippen molar-refractivity contribution >= 4 is 39.0 Å². The van der Waals surface area contributed by atoms with Crippen LogP contribution in [0.5, 0.6) is 0 Å². The van der Waals surface area contributed by atoms with Crippen molar-refractivity contribution in [3.05, 3.63) is 51.5 Å². The Labute approximate surface area is 127 Å². The molecule has 4 nitrogen and oxygen atoms in total. The number of carboxylic acid groups (broad SMARTS) is 1. The average molecular weight is 357 g/mol. The number of hydrogen-bond donors (Lipinski definition) is 3. The second-order valence-electron chi connectivity index (χ2n) is 4.43. The lowest BCUT2D eigenvalue weighted by Crippen LogP contribution is -2.06. The minimum atomic E-state index is -1.27. The van der Waals surface area contributed by atoms with Crippen LogP contribution in [0, 0.1) is 18.6 Å². The number of hydrogen-bond acceptors (Lipinski definition) is 3. The monoisotopic (exact) mass is 356 g/mol. The molecule has 4 N–H and O–H groups in total. The van der Waals surface area contributed by atoms with Gasteiger partial charge in [0, 0.05) is 11.4 Å². The Hall–Kier alpha value is -2.15. The third kappa shape index (κ3) is 3.13. The summed E-state index contributed by atoms with van der Waals surface area (Å²) in [4.78, 5) is 11.0. The predicted molar refractivity (Wildman–Crippen MR) is 79.9 cm³/mol. The summed E-state index contributed by atoms with van der Waals surface area (Å²) >= 11 is 3.05. The van der Waals surface area contributed by atoms with Crippen LogP contribution in [0.4, 0.5) is 25.8 Å². The minimum absolute atomic E-state index is 0.0913. The van der Waals surface area contributed by atoms with E-state index in [4.69, 9.17) is 10.8 Å². The Kier molecular flexibility index (Phi) is 4.13. The molecule has 0 saturated carbocycles. The number of anilines is 3. The van der Waals surface area contributed by atoms with E-state index in [-0.39, 0.29) is 21.4 Å². The largest absolute Gasteiger partial charge is 0.478 e. The first-order valence-electron chi connectivity index (χ1n) is 5.84. The van der Waals surface area contributed by atoms with Gasteiger partial charge in [0.25, 0.3) is 0 Å². The maximum atomic E-state index is 13.9. The maximum absolute atomic E-state index is 13.9. The number of aryl methyl sites for hydroxylation is 1. The fourth-order valence-corrected chi connectivity index (χ4v) is 2.25. The van der Waals surface area contributed by atoms with Gasteiger partial charge in [-0.3, -0.25) is 0 Å². The number of rotatable bonds is 3. The molecule has 0 heterocycles. The van der Waals surface area contributed by atoms with E-state index in [1.807, 2.05) is 0 Å². The fourth-order valence-electron chi connectivity index (χ4n) is 1.80. The number of carbonyl (C=O) groups is 1. The van der Waals surface area contributed by atoms with Crippen LogP contribution >= 0.6 is 15.9 Å². The standard InChI is InChI=1S/C14H11BrF2N2O2/c1-6-2-8(15)9(16)5-12(6)19-13-3-7(14(20)21)11(18)4-10(13)17/h2-5,19H,18H2,1H3,(H,20,21). The van der Waals surface area contributed by atoms with Crippen molar-refractivity contribution in [1.82, 2.24) is 0 Å². The number of nitrogens with one attached hydrogen (secondary N) is 1. The summed E-state index contributed by atoms with van der Waals surface area (Å²) in [5, 5.41) is 11.7. The molecule has 0 aliphatic carbocycles. The molecule has 21 heavy (non-hydrogen) atoms. The van der Waals surface area contributed by atoms with E-state index in [0.29, 0.717) is 11.3 Å². The molecular weight excluding hydrogens is 346 g/mol. The van der Waals surface area contributed by atoms with Crippen molar-refractivity contribution in [2.75, 3.05) is 11.1 Å². The Morgan fingerprint density at radius 1 is 1.19 bits per heavy atom. The summed E-state index contributed by atoms with van der Waals surface area (Å²) < 4.78 is 27.7. The van der Waals surface area contributed by atoms with Crippen molar-refractivity contribution in [2.24, 2.45) is 0 Å². The quantitative estimate of drug-likeness (QED) is 0.725. The lowest BCUT2D eigenvalue weighted by molar-refractivity contribution is 0.0698. The number of nitrogen functional groups attached to an aromatic ring is 1. The van der Waals surface area contributed by atoms with Gasteiger partial charge in [0.1, 0.15) is 11.6 Å². The van der Waals surface area contributed by atoms with Gasteiger partial charge >= 0.3 is 5.97 Å².